The van der Waals surface area contributed by atoms with E-state index in [0.717, 1.165) is 0 Å². The third kappa shape index (κ3) is 2.62. The van der Waals surface area contributed by atoms with E-state index in [1.165, 1.54) is 31.4 Å². The van der Waals surface area contributed by atoms with Gasteiger partial charge in [-0.05, 0) is 12.1 Å². The summed E-state index contributed by atoms with van der Waals surface area (Å²) in [6, 6.07) is 5.49. The number of carbonyl (C=O) groups excluding carboxylic acids is 1. The summed E-state index contributed by atoms with van der Waals surface area (Å²) < 4.78 is 41.5. The summed E-state index contributed by atoms with van der Waals surface area (Å²) in [5, 5.41) is 0. The van der Waals surface area contributed by atoms with Gasteiger partial charge in [0.15, 0.2) is 5.78 Å². The van der Waals surface area contributed by atoms with Gasteiger partial charge in [-0.25, -0.2) is 0 Å². The predicted octanol–water partition coefficient (Wildman–Crippen LogP) is 3.00. The lowest BCUT2D eigenvalue weighted by atomic mass is 10.0. The van der Waals surface area contributed by atoms with Crippen LogP contribution in [0.5, 0.6) is 5.75 Å². The second kappa shape index (κ2) is 4.38. The van der Waals surface area contributed by atoms with Crippen molar-refractivity contribution in [3.05, 3.63) is 42.0 Å². The summed E-state index contributed by atoms with van der Waals surface area (Å²) >= 11 is 0. The minimum absolute atomic E-state index is 0.0957. The third-order valence-corrected chi connectivity index (χ3v) is 1.95. The van der Waals surface area contributed by atoms with Crippen molar-refractivity contribution in [1.29, 1.82) is 0 Å². The highest BCUT2D eigenvalue weighted by molar-refractivity contribution is 6.09. The highest BCUT2D eigenvalue weighted by atomic mass is 19.4. The number of hydrogen-bond donors (Lipinski definition) is 0. The molecule has 0 radical (unpaired) electrons. The number of ether oxygens (including phenoxy) is 1. The third-order valence-electron chi connectivity index (χ3n) is 1.95. The van der Waals surface area contributed by atoms with Crippen LogP contribution in [0.1, 0.15) is 10.4 Å². The molecule has 86 valence electrons. The molecule has 0 saturated heterocycles. The van der Waals surface area contributed by atoms with Crippen LogP contribution in [0, 0.1) is 0 Å². The van der Waals surface area contributed by atoms with Crippen molar-refractivity contribution in [3.8, 4) is 5.75 Å². The molecule has 0 aliphatic rings. The number of benzene rings is 1. The van der Waals surface area contributed by atoms with Gasteiger partial charge in [0.1, 0.15) is 5.75 Å². The molecule has 0 saturated carbocycles. The van der Waals surface area contributed by atoms with Crippen molar-refractivity contribution in [2.45, 2.75) is 6.18 Å². The van der Waals surface area contributed by atoms with Crippen molar-refractivity contribution in [2.75, 3.05) is 7.11 Å². The SMILES string of the molecule is C=C(C(=O)c1cccc(OC)c1)C(F)(F)F. The highest BCUT2D eigenvalue weighted by Gasteiger charge is 2.37. The van der Waals surface area contributed by atoms with Gasteiger partial charge in [-0.3, -0.25) is 4.79 Å². The zero-order valence-corrected chi connectivity index (χ0v) is 8.47. The van der Waals surface area contributed by atoms with Crippen molar-refractivity contribution in [1.82, 2.24) is 0 Å². The van der Waals surface area contributed by atoms with E-state index in [1.54, 1.807) is 0 Å². The van der Waals surface area contributed by atoms with Crippen LogP contribution in [0.3, 0.4) is 0 Å². The second-order valence-electron chi connectivity index (χ2n) is 3.04. The molecule has 0 atom stereocenters. The van der Waals surface area contributed by atoms with E-state index < -0.39 is 17.5 Å². The molecule has 16 heavy (non-hydrogen) atoms. The average Bonchev–Trinajstić information content (AvgIpc) is 2.26. The Hall–Kier alpha value is -1.78. The maximum absolute atomic E-state index is 12.2. The molecule has 1 aromatic rings. The molecular formula is C11H9F3O2. The fraction of sp³-hybridized carbons (Fsp3) is 0.182. The standard InChI is InChI=1S/C11H9F3O2/c1-7(11(12,13)14)10(15)8-4-3-5-9(6-8)16-2/h3-6H,1H2,2H3. The highest BCUT2D eigenvalue weighted by Crippen LogP contribution is 2.27. The number of hydrogen-bond acceptors (Lipinski definition) is 2. The molecule has 1 aromatic carbocycles. The molecule has 0 aromatic heterocycles. The Morgan fingerprint density at radius 3 is 2.50 bits per heavy atom. The lowest BCUT2D eigenvalue weighted by Gasteiger charge is -2.09. The average molecular weight is 230 g/mol. The molecular weight excluding hydrogens is 221 g/mol. The number of ketones is 1. The normalized spacial score (nSPS) is 11.0. The van der Waals surface area contributed by atoms with Crippen LogP contribution in [-0.2, 0) is 0 Å². The summed E-state index contributed by atoms with van der Waals surface area (Å²) in [7, 11) is 1.36. The second-order valence-corrected chi connectivity index (χ2v) is 3.04. The zero-order chi connectivity index (χ0) is 12.3. The van der Waals surface area contributed by atoms with Gasteiger partial charge in [0.05, 0.1) is 12.7 Å². The molecule has 0 unspecified atom stereocenters. The molecule has 0 aliphatic heterocycles. The first-order valence-corrected chi connectivity index (χ1v) is 4.31. The summed E-state index contributed by atoms with van der Waals surface area (Å²) in [5.41, 5.74) is -1.48. The Balaban J connectivity index is 3.01. The number of carbonyl (C=O) groups is 1. The van der Waals surface area contributed by atoms with E-state index >= 15 is 0 Å². The zero-order valence-electron chi connectivity index (χ0n) is 8.47. The van der Waals surface area contributed by atoms with Gasteiger partial charge in [0.25, 0.3) is 0 Å². The first-order chi connectivity index (χ1) is 7.36. The number of methoxy groups -OCH3 is 1. The van der Waals surface area contributed by atoms with E-state index in [1.807, 2.05) is 0 Å². The van der Waals surface area contributed by atoms with Gasteiger partial charge >= 0.3 is 6.18 Å². The Bertz CT molecular complexity index is 421. The topological polar surface area (TPSA) is 26.3 Å². The van der Waals surface area contributed by atoms with E-state index in [4.69, 9.17) is 4.74 Å². The van der Waals surface area contributed by atoms with Gasteiger partial charge in [-0.2, -0.15) is 13.2 Å². The smallest absolute Gasteiger partial charge is 0.419 e. The van der Waals surface area contributed by atoms with Crippen LogP contribution in [0.25, 0.3) is 0 Å². The first kappa shape index (κ1) is 12.3. The fourth-order valence-electron chi connectivity index (χ4n) is 1.07. The van der Waals surface area contributed by atoms with Crippen LogP contribution in [0.15, 0.2) is 36.4 Å². The molecule has 1 rings (SSSR count). The van der Waals surface area contributed by atoms with Gasteiger partial charge in [0.2, 0.25) is 0 Å². The first-order valence-electron chi connectivity index (χ1n) is 4.31. The van der Waals surface area contributed by atoms with Crippen LogP contribution in [0.4, 0.5) is 13.2 Å². The van der Waals surface area contributed by atoms with Crippen LogP contribution < -0.4 is 4.74 Å². The summed E-state index contributed by atoms with van der Waals surface area (Å²) in [4.78, 5) is 11.4. The molecule has 0 bridgehead atoms. The minimum atomic E-state index is -4.71. The number of alkyl halides is 3. The minimum Gasteiger partial charge on any atom is -0.497 e. The monoisotopic (exact) mass is 230 g/mol. The van der Waals surface area contributed by atoms with Gasteiger partial charge in [0, 0.05) is 5.56 Å². The molecule has 5 heteroatoms. The molecule has 0 amide bonds. The molecule has 2 nitrogen and oxygen atoms in total. The Morgan fingerprint density at radius 2 is 2.00 bits per heavy atom. The molecule has 0 heterocycles. The quantitative estimate of drug-likeness (QED) is 0.589. The van der Waals surface area contributed by atoms with Crippen LogP contribution in [-0.4, -0.2) is 19.1 Å². The van der Waals surface area contributed by atoms with Crippen LogP contribution in [0.2, 0.25) is 0 Å². The largest absolute Gasteiger partial charge is 0.497 e. The Morgan fingerprint density at radius 1 is 1.38 bits per heavy atom. The predicted molar refractivity (Wildman–Crippen MR) is 52.5 cm³/mol. The summed E-state index contributed by atoms with van der Waals surface area (Å²) in [6.07, 6.45) is -4.71. The molecule has 0 aliphatic carbocycles. The van der Waals surface area contributed by atoms with Gasteiger partial charge in [-0.15, -0.1) is 0 Å². The van der Waals surface area contributed by atoms with Crippen molar-refractivity contribution in [3.63, 3.8) is 0 Å². The number of Topliss-reactive ketones (excluding diaryl/α,β-unsaturated/α-hetero) is 1. The fourth-order valence-corrected chi connectivity index (χ4v) is 1.07. The number of allylic oxidation sites excluding steroid dienone is 1. The van der Waals surface area contributed by atoms with Crippen molar-refractivity contribution < 1.29 is 22.7 Å². The van der Waals surface area contributed by atoms with Crippen molar-refractivity contribution >= 4 is 5.78 Å². The molecule has 0 fully saturated rings. The molecule has 0 N–H and O–H groups in total. The Labute approximate surface area is 90.3 Å². The Kier molecular flexibility index (Phi) is 3.37. The van der Waals surface area contributed by atoms with E-state index in [9.17, 15) is 18.0 Å². The maximum Gasteiger partial charge on any atom is 0.419 e. The number of rotatable bonds is 3. The van der Waals surface area contributed by atoms with Crippen LogP contribution >= 0.6 is 0 Å². The maximum atomic E-state index is 12.2. The van der Waals surface area contributed by atoms with Crippen molar-refractivity contribution in [2.24, 2.45) is 0 Å². The lowest BCUT2D eigenvalue weighted by molar-refractivity contribution is -0.0883. The van der Waals surface area contributed by atoms with Gasteiger partial charge in [-0.1, -0.05) is 18.7 Å². The lowest BCUT2D eigenvalue weighted by Crippen LogP contribution is -2.19. The van der Waals surface area contributed by atoms with E-state index in [2.05, 4.69) is 6.58 Å². The van der Waals surface area contributed by atoms with Gasteiger partial charge < -0.3 is 4.74 Å². The van der Waals surface area contributed by atoms with E-state index in [-0.39, 0.29) is 5.56 Å². The number of halogens is 3. The summed E-state index contributed by atoms with van der Waals surface area (Å²) in [5.74, 6) is -0.827. The molecule has 0 spiro atoms. The van der Waals surface area contributed by atoms with E-state index in [0.29, 0.717) is 5.75 Å². The summed E-state index contributed by atoms with van der Waals surface area (Å²) in [6.45, 7) is 2.74.